The van der Waals surface area contributed by atoms with Crippen LogP contribution in [0.15, 0.2) is 72.8 Å². The van der Waals surface area contributed by atoms with Crippen LogP contribution in [0.25, 0.3) is 22.2 Å². The van der Waals surface area contributed by atoms with Crippen LogP contribution in [0.3, 0.4) is 0 Å². The molecule has 146 valence electrons. The summed E-state index contributed by atoms with van der Waals surface area (Å²) in [6.45, 7) is 0. The van der Waals surface area contributed by atoms with Crippen molar-refractivity contribution in [2.24, 2.45) is 5.73 Å². The Balaban J connectivity index is 1.55. The number of ether oxygens (including phenoxy) is 1. The monoisotopic (exact) mass is 395 g/mol. The molecule has 0 fully saturated rings. The molecule has 7 heteroatoms. The molecule has 0 bridgehead atoms. The van der Waals surface area contributed by atoms with Crippen LogP contribution in [-0.4, -0.2) is 10.8 Å². The number of aromatic nitrogens is 1. The van der Waals surface area contributed by atoms with Gasteiger partial charge in [-0.25, -0.2) is 0 Å². The number of H-pyrrole nitrogens is 1. The van der Waals surface area contributed by atoms with Gasteiger partial charge in [-0.1, -0.05) is 6.07 Å². The van der Waals surface area contributed by atoms with Crippen LogP contribution >= 0.6 is 0 Å². The minimum absolute atomic E-state index is 0.0124. The van der Waals surface area contributed by atoms with Gasteiger partial charge in [0, 0.05) is 22.2 Å². The van der Waals surface area contributed by atoms with Gasteiger partial charge < -0.3 is 15.5 Å². The zero-order chi connectivity index (χ0) is 20.6. The Labute approximate surface area is 164 Å². The molecule has 0 radical (unpaired) electrons. The number of alkyl halides is 3. The second-order valence-electron chi connectivity index (χ2n) is 6.55. The summed E-state index contributed by atoms with van der Waals surface area (Å²) in [5.74, 6) is 1.20. The van der Waals surface area contributed by atoms with E-state index in [4.69, 9.17) is 15.9 Å². The average Bonchev–Trinajstić information content (AvgIpc) is 3.11. The average molecular weight is 395 g/mol. The van der Waals surface area contributed by atoms with Gasteiger partial charge in [-0.3, -0.25) is 5.41 Å². The first-order valence-corrected chi connectivity index (χ1v) is 8.72. The van der Waals surface area contributed by atoms with Crippen LogP contribution in [0.5, 0.6) is 11.5 Å². The molecule has 29 heavy (non-hydrogen) atoms. The van der Waals surface area contributed by atoms with Crippen molar-refractivity contribution in [1.82, 2.24) is 4.98 Å². The van der Waals surface area contributed by atoms with E-state index in [0.29, 0.717) is 28.0 Å². The van der Waals surface area contributed by atoms with Crippen LogP contribution < -0.4 is 10.5 Å². The lowest BCUT2D eigenvalue weighted by atomic mass is 10.1. The molecule has 0 aliphatic heterocycles. The van der Waals surface area contributed by atoms with Crippen molar-refractivity contribution in [3.8, 4) is 22.8 Å². The standard InChI is InChI=1S/C22H16F3N3O/c23-22(24,25)16-6-1-15-11-19(28-20(15)12-16)13-2-7-17(8-3-13)29-18-9-4-14(5-10-18)21(26)27/h1-12,28H,(H3,26,27). The molecule has 0 atom stereocenters. The molecule has 0 saturated carbocycles. The summed E-state index contributed by atoms with van der Waals surface area (Å²) in [6, 6.07) is 19.5. The first kappa shape index (κ1) is 18.6. The molecule has 0 unspecified atom stereocenters. The van der Waals surface area contributed by atoms with E-state index < -0.39 is 11.7 Å². The molecule has 3 aromatic carbocycles. The second-order valence-corrected chi connectivity index (χ2v) is 6.55. The Bertz CT molecular complexity index is 1180. The summed E-state index contributed by atoms with van der Waals surface area (Å²) in [5, 5.41) is 8.10. The van der Waals surface area contributed by atoms with Gasteiger partial charge in [-0.2, -0.15) is 13.2 Å². The molecule has 0 saturated heterocycles. The number of hydrogen-bond acceptors (Lipinski definition) is 2. The number of nitrogens with two attached hydrogens (primary N) is 1. The number of nitrogens with one attached hydrogen (secondary N) is 2. The molecule has 0 amide bonds. The first-order valence-electron chi connectivity index (χ1n) is 8.72. The van der Waals surface area contributed by atoms with Gasteiger partial charge in [0.15, 0.2) is 0 Å². The fraction of sp³-hybridized carbons (Fsp3) is 0.0455. The molecule has 4 N–H and O–H groups in total. The fourth-order valence-corrected chi connectivity index (χ4v) is 3.00. The first-order chi connectivity index (χ1) is 13.8. The van der Waals surface area contributed by atoms with E-state index in [9.17, 15) is 13.2 Å². The van der Waals surface area contributed by atoms with E-state index in [1.54, 1.807) is 36.4 Å². The number of rotatable bonds is 4. The number of benzene rings is 3. The number of nitrogen functional groups attached to an aromatic ring is 1. The van der Waals surface area contributed by atoms with Crippen molar-refractivity contribution in [1.29, 1.82) is 5.41 Å². The Morgan fingerprint density at radius 3 is 2.07 bits per heavy atom. The van der Waals surface area contributed by atoms with E-state index in [2.05, 4.69) is 4.98 Å². The molecule has 4 rings (SSSR count). The van der Waals surface area contributed by atoms with Gasteiger partial charge in [-0.15, -0.1) is 0 Å². The zero-order valence-electron chi connectivity index (χ0n) is 15.0. The summed E-state index contributed by atoms with van der Waals surface area (Å²) in [7, 11) is 0. The van der Waals surface area contributed by atoms with Crippen molar-refractivity contribution in [3.05, 3.63) is 83.9 Å². The lowest BCUT2D eigenvalue weighted by Gasteiger charge is -2.07. The molecule has 0 spiro atoms. The third-order valence-electron chi connectivity index (χ3n) is 4.52. The van der Waals surface area contributed by atoms with Crippen molar-refractivity contribution < 1.29 is 17.9 Å². The maximum atomic E-state index is 12.9. The maximum Gasteiger partial charge on any atom is 0.416 e. The Kier molecular flexibility index (Phi) is 4.50. The highest BCUT2D eigenvalue weighted by molar-refractivity contribution is 5.95. The van der Waals surface area contributed by atoms with Crippen molar-refractivity contribution in [2.45, 2.75) is 6.18 Å². The minimum atomic E-state index is -4.37. The summed E-state index contributed by atoms with van der Waals surface area (Å²) in [4.78, 5) is 3.04. The van der Waals surface area contributed by atoms with E-state index >= 15 is 0 Å². The number of fused-ring (bicyclic) bond motifs is 1. The lowest BCUT2D eigenvalue weighted by molar-refractivity contribution is -0.137. The van der Waals surface area contributed by atoms with Crippen molar-refractivity contribution in [3.63, 3.8) is 0 Å². The molecule has 4 aromatic rings. The van der Waals surface area contributed by atoms with Crippen LogP contribution in [0.2, 0.25) is 0 Å². The highest BCUT2D eigenvalue weighted by Crippen LogP contribution is 2.33. The largest absolute Gasteiger partial charge is 0.457 e. The Hall–Kier alpha value is -3.74. The topological polar surface area (TPSA) is 74.9 Å². The second kappa shape index (κ2) is 7.01. The summed E-state index contributed by atoms with van der Waals surface area (Å²) in [6.07, 6.45) is -4.37. The summed E-state index contributed by atoms with van der Waals surface area (Å²) >= 11 is 0. The zero-order valence-corrected chi connectivity index (χ0v) is 15.0. The van der Waals surface area contributed by atoms with E-state index in [1.165, 1.54) is 6.07 Å². The normalized spacial score (nSPS) is 11.6. The summed E-state index contributed by atoms with van der Waals surface area (Å²) < 4.78 is 44.4. The van der Waals surface area contributed by atoms with E-state index in [-0.39, 0.29) is 5.84 Å². The number of aromatic amines is 1. The molecule has 4 nitrogen and oxygen atoms in total. The highest BCUT2D eigenvalue weighted by Gasteiger charge is 2.30. The Morgan fingerprint density at radius 2 is 1.48 bits per heavy atom. The predicted octanol–water partition coefficient (Wildman–Crippen LogP) is 5.93. The number of amidine groups is 1. The van der Waals surface area contributed by atoms with Crippen molar-refractivity contribution in [2.75, 3.05) is 0 Å². The molecule has 0 aliphatic carbocycles. The van der Waals surface area contributed by atoms with Gasteiger partial charge in [0.1, 0.15) is 17.3 Å². The lowest BCUT2D eigenvalue weighted by Crippen LogP contribution is -2.10. The van der Waals surface area contributed by atoms with Gasteiger partial charge >= 0.3 is 6.18 Å². The fourth-order valence-electron chi connectivity index (χ4n) is 3.00. The SMILES string of the molecule is N=C(N)c1ccc(Oc2ccc(-c3cc4ccc(C(F)(F)F)cc4[nH]3)cc2)cc1. The quantitative estimate of drug-likeness (QED) is 0.296. The van der Waals surface area contributed by atoms with E-state index in [0.717, 1.165) is 23.4 Å². The van der Waals surface area contributed by atoms with Gasteiger partial charge in [-0.05, 0) is 72.3 Å². The van der Waals surface area contributed by atoms with Gasteiger partial charge in [0.05, 0.1) is 5.56 Å². The third-order valence-corrected chi connectivity index (χ3v) is 4.52. The van der Waals surface area contributed by atoms with E-state index in [1.807, 2.05) is 18.2 Å². The smallest absolute Gasteiger partial charge is 0.416 e. The van der Waals surface area contributed by atoms with Crippen LogP contribution in [0.4, 0.5) is 13.2 Å². The van der Waals surface area contributed by atoms with Gasteiger partial charge in [0.2, 0.25) is 0 Å². The molecular weight excluding hydrogens is 379 g/mol. The Morgan fingerprint density at radius 1 is 0.862 bits per heavy atom. The van der Waals surface area contributed by atoms with Crippen LogP contribution in [-0.2, 0) is 6.18 Å². The number of halogens is 3. The van der Waals surface area contributed by atoms with Gasteiger partial charge in [0.25, 0.3) is 0 Å². The third kappa shape index (κ3) is 3.94. The maximum absolute atomic E-state index is 12.9. The predicted molar refractivity (Wildman–Crippen MR) is 106 cm³/mol. The molecular formula is C22H16F3N3O. The number of hydrogen-bond donors (Lipinski definition) is 3. The molecule has 1 aromatic heterocycles. The van der Waals surface area contributed by atoms with Crippen LogP contribution in [0.1, 0.15) is 11.1 Å². The van der Waals surface area contributed by atoms with Crippen molar-refractivity contribution >= 4 is 16.7 Å². The molecule has 1 heterocycles. The van der Waals surface area contributed by atoms with Crippen LogP contribution in [0, 0.1) is 5.41 Å². The molecule has 0 aliphatic rings. The minimum Gasteiger partial charge on any atom is -0.457 e. The summed E-state index contributed by atoms with van der Waals surface area (Å²) in [5.41, 5.74) is 7.34. The highest BCUT2D eigenvalue weighted by atomic mass is 19.4.